The van der Waals surface area contributed by atoms with Crippen LogP contribution in [0, 0.1) is 0 Å². The van der Waals surface area contributed by atoms with Gasteiger partial charge < -0.3 is 5.21 Å². The Morgan fingerprint density at radius 1 is 1.21 bits per heavy atom. The standard InChI is InChI=1S/C9H8F3NO/c10-9(11,12)8(13-14)6-7-4-2-1-3-5-7/h1-5,14H,6H2. The molecule has 0 saturated heterocycles. The fraction of sp³-hybridized carbons (Fsp3) is 0.222. The monoisotopic (exact) mass is 203 g/mol. The third-order valence-corrected chi connectivity index (χ3v) is 1.66. The predicted molar refractivity (Wildman–Crippen MR) is 45.4 cm³/mol. The van der Waals surface area contributed by atoms with Gasteiger partial charge in [-0.15, -0.1) is 0 Å². The molecule has 0 aliphatic rings. The molecule has 0 aliphatic carbocycles. The van der Waals surface area contributed by atoms with Crippen molar-refractivity contribution in [2.24, 2.45) is 5.16 Å². The predicted octanol–water partition coefficient (Wildman–Crippen LogP) is 2.62. The first-order chi connectivity index (χ1) is 6.54. The second-order valence-electron chi connectivity index (χ2n) is 2.71. The lowest BCUT2D eigenvalue weighted by atomic mass is 10.1. The summed E-state index contributed by atoms with van der Waals surface area (Å²) in [4.78, 5) is 0. The number of hydrogen-bond donors (Lipinski definition) is 1. The summed E-state index contributed by atoms with van der Waals surface area (Å²) in [5.74, 6) is 0. The van der Waals surface area contributed by atoms with Gasteiger partial charge in [-0.05, 0) is 5.56 Å². The van der Waals surface area contributed by atoms with Crippen molar-refractivity contribution in [1.29, 1.82) is 0 Å². The van der Waals surface area contributed by atoms with E-state index in [2.05, 4.69) is 5.16 Å². The fourth-order valence-corrected chi connectivity index (χ4v) is 0.981. The maximum Gasteiger partial charge on any atom is 0.433 e. The van der Waals surface area contributed by atoms with Gasteiger partial charge >= 0.3 is 6.18 Å². The van der Waals surface area contributed by atoms with Crippen LogP contribution in [-0.4, -0.2) is 17.1 Å². The van der Waals surface area contributed by atoms with Crippen molar-refractivity contribution in [3.8, 4) is 0 Å². The Labute approximate surface area is 78.7 Å². The van der Waals surface area contributed by atoms with E-state index in [-0.39, 0.29) is 0 Å². The molecule has 0 saturated carbocycles. The van der Waals surface area contributed by atoms with Crippen LogP contribution >= 0.6 is 0 Å². The summed E-state index contributed by atoms with van der Waals surface area (Å²) in [6.07, 6.45) is -4.99. The van der Waals surface area contributed by atoms with Gasteiger partial charge in [0.2, 0.25) is 0 Å². The third-order valence-electron chi connectivity index (χ3n) is 1.66. The summed E-state index contributed by atoms with van der Waals surface area (Å²) in [6.45, 7) is 0. The minimum atomic E-state index is -4.58. The zero-order valence-corrected chi connectivity index (χ0v) is 7.12. The minimum Gasteiger partial charge on any atom is -0.411 e. The van der Waals surface area contributed by atoms with Gasteiger partial charge in [0.1, 0.15) is 0 Å². The Kier molecular flexibility index (Phi) is 3.11. The molecule has 1 N–H and O–H groups in total. The molecule has 5 heteroatoms. The highest BCUT2D eigenvalue weighted by molar-refractivity contribution is 5.90. The highest BCUT2D eigenvalue weighted by Gasteiger charge is 2.36. The van der Waals surface area contributed by atoms with E-state index in [1.807, 2.05) is 0 Å². The van der Waals surface area contributed by atoms with Crippen LogP contribution in [0.5, 0.6) is 0 Å². The summed E-state index contributed by atoms with van der Waals surface area (Å²) in [5, 5.41) is 10.4. The second kappa shape index (κ2) is 4.13. The maximum atomic E-state index is 12.1. The van der Waals surface area contributed by atoms with Crippen LogP contribution in [0.4, 0.5) is 13.2 Å². The first-order valence-corrected chi connectivity index (χ1v) is 3.86. The number of benzene rings is 1. The molecule has 0 heterocycles. The molecule has 0 amide bonds. The van der Waals surface area contributed by atoms with Gasteiger partial charge in [-0.2, -0.15) is 13.2 Å². The molecule has 1 rings (SSSR count). The molecule has 1 aromatic rings. The highest BCUT2D eigenvalue weighted by Crippen LogP contribution is 2.19. The van der Waals surface area contributed by atoms with Crippen molar-refractivity contribution in [3.63, 3.8) is 0 Å². The van der Waals surface area contributed by atoms with Crippen molar-refractivity contribution in [3.05, 3.63) is 35.9 Å². The molecule has 0 atom stereocenters. The van der Waals surface area contributed by atoms with Crippen molar-refractivity contribution in [2.45, 2.75) is 12.6 Å². The van der Waals surface area contributed by atoms with Gasteiger partial charge in [0.15, 0.2) is 5.71 Å². The molecule has 0 bridgehead atoms. The Morgan fingerprint density at radius 3 is 2.21 bits per heavy atom. The zero-order chi connectivity index (χ0) is 10.6. The number of nitrogens with zero attached hydrogens (tertiary/aromatic N) is 1. The number of hydrogen-bond acceptors (Lipinski definition) is 2. The average molecular weight is 203 g/mol. The lowest BCUT2D eigenvalue weighted by Gasteiger charge is -2.07. The van der Waals surface area contributed by atoms with E-state index in [0.717, 1.165) is 0 Å². The van der Waals surface area contributed by atoms with Crippen LogP contribution in [0.2, 0.25) is 0 Å². The fourth-order valence-electron chi connectivity index (χ4n) is 0.981. The first-order valence-electron chi connectivity index (χ1n) is 3.86. The van der Waals surface area contributed by atoms with E-state index in [0.29, 0.717) is 5.56 Å². The van der Waals surface area contributed by atoms with Crippen LogP contribution in [0.15, 0.2) is 35.5 Å². The molecule has 0 spiro atoms. The van der Waals surface area contributed by atoms with E-state index in [4.69, 9.17) is 5.21 Å². The number of rotatable bonds is 2. The van der Waals surface area contributed by atoms with Crippen LogP contribution < -0.4 is 0 Å². The normalized spacial score (nSPS) is 12.9. The Morgan fingerprint density at radius 2 is 1.79 bits per heavy atom. The van der Waals surface area contributed by atoms with Gasteiger partial charge in [-0.3, -0.25) is 0 Å². The van der Waals surface area contributed by atoms with Crippen LogP contribution in [0.3, 0.4) is 0 Å². The Balaban J connectivity index is 2.78. The quantitative estimate of drug-likeness (QED) is 0.447. The summed E-state index contributed by atoms with van der Waals surface area (Å²) in [5.41, 5.74) is -0.735. The van der Waals surface area contributed by atoms with Gasteiger partial charge in [-0.1, -0.05) is 35.5 Å². The molecule has 0 fully saturated rings. The smallest absolute Gasteiger partial charge is 0.411 e. The molecule has 0 unspecified atom stereocenters. The molecule has 0 radical (unpaired) electrons. The van der Waals surface area contributed by atoms with Gasteiger partial charge in [0.25, 0.3) is 0 Å². The van der Waals surface area contributed by atoms with E-state index >= 15 is 0 Å². The van der Waals surface area contributed by atoms with Crippen molar-refractivity contribution >= 4 is 5.71 Å². The number of halogens is 3. The topological polar surface area (TPSA) is 32.6 Å². The summed E-state index contributed by atoms with van der Waals surface area (Å²) < 4.78 is 36.3. The molecule has 14 heavy (non-hydrogen) atoms. The minimum absolute atomic E-state index is 0.416. The maximum absolute atomic E-state index is 12.1. The number of oxime groups is 1. The first kappa shape index (κ1) is 10.6. The van der Waals surface area contributed by atoms with E-state index in [1.165, 1.54) is 12.1 Å². The van der Waals surface area contributed by atoms with Crippen molar-refractivity contribution < 1.29 is 18.4 Å². The SMILES string of the molecule is ON=C(Cc1ccccc1)C(F)(F)F. The van der Waals surface area contributed by atoms with Crippen LogP contribution in [0.25, 0.3) is 0 Å². The van der Waals surface area contributed by atoms with Crippen LogP contribution in [-0.2, 0) is 6.42 Å². The molecule has 76 valence electrons. The second-order valence-corrected chi connectivity index (χ2v) is 2.71. The number of alkyl halides is 3. The Bertz CT molecular complexity index is 319. The van der Waals surface area contributed by atoms with Gasteiger partial charge in [-0.25, -0.2) is 0 Å². The highest BCUT2D eigenvalue weighted by atomic mass is 19.4. The molecule has 2 nitrogen and oxygen atoms in total. The summed E-state index contributed by atoms with van der Waals surface area (Å²) in [6, 6.07) is 8.03. The van der Waals surface area contributed by atoms with Gasteiger partial charge in [0, 0.05) is 6.42 Å². The molecular formula is C9H8F3NO. The zero-order valence-electron chi connectivity index (χ0n) is 7.12. The molecule has 0 aliphatic heterocycles. The third kappa shape index (κ3) is 2.76. The lowest BCUT2D eigenvalue weighted by molar-refractivity contribution is -0.0622. The average Bonchev–Trinajstić information content (AvgIpc) is 2.14. The van der Waals surface area contributed by atoms with Crippen molar-refractivity contribution in [1.82, 2.24) is 0 Å². The molecular weight excluding hydrogens is 195 g/mol. The molecule has 1 aromatic carbocycles. The van der Waals surface area contributed by atoms with Crippen molar-refractivity contribution in [2.75, 3.05) is 0 Å². The largest absolute Gasteiger partial charge is 0.433 e. The van der Waals surface area contributed by atoms with E-state index < -0.39 is 18.3 Å². The van der Waals surface area contributed by atoms with Crippen LogP contribution in [0.1, 0.15) is 5.56 Å². The molecule has 0 aromatic heterocycles. The lowest BCUT2D eigenvalue weighted by Crippen LogP contribution is -2.25. The van der Waals surface area contributed by atoms with Gasteiger partial charge in [0.05, 0.1) is 0 Å². The summed E-state index contributed by atoms with van der Waals surface area (Å²) in [7, 11) is 0. The summed E-state index contributed by atoms with van der Waals surface area (Å²) >= 11 is 0. The van der Waals surface area contributed by atoms with E-state index in [9.17, 15) is 13.2 Å². The Hall–Kier alpha value is -1.52. The van der Waals surface area contributed by atoms with E-state index in [1.54, 1.807) is 18.2 Å².